The predicted molar refractivity (Wildman–Crippen MR) is 73.7 cm³/mol. The Hall–Kier alpha value is -1.55. The number of hydrogen-bond donors (Lipinski definition) is 1. The molecule has 1 aromatic carbocycles. The summed E-state index contributed by atoms with van der Waals surface area (Å²) in [5.74, 6) is -0.0814. The van der Waals surface area contributed by atoms with Gasteiger partial charge in [-0.2, -0.15) is 0 Å². The molecule has 0 saturated carbocycles. The highest BCUT2D eigenvalue weighted by molar-refractivity contribution is 6.30. The number of carbonyl (C=O) groups is 2. The number of benzene rings is 1. The van der Waals surface area contributed by atoms with Crippen LogP contribution in [0, 0.1) is 0 Å². The van der Waals surface area contributed by atoms with Gasteiger partial charge in [0.15, 0.2) is 0 Å². The molecule has 5 heteroatoms. The first-order valence-electron chi connectivity index (χ1n) is 6.42. The molecule has 1 unspecified atom stereocenters. The smallest absolute Gasteiger partial charge is 0.245 e. The van der Waals surface area contributed by atoms with E-state index in [4.69, 9.17) is 11.6 Å². The molecule has 0 aliphatic carbocycles. The predicted octanol–water partition coefficient (Wildman–Crippen LogP) is 1.97. The lowest BCUT2D eigenvalue weighted by molar-refractivity contribution is -0.134. The fourth-order valence-corrected chi connectivity index (χ4v) is 2.40. The van der Waals surface area contributed by atoms with Crippen molar-refractivity contribution < 1.29 is 9.59 Å². The molecule has 0 bridgehead atoms. The quantitative estimate of drug-likeness (QED) is 0.920. The van der Waals surface area contributed by atoms with Crippen molar-refractivity contribution in [1.29, 1.82) is 0 Å². The van der Waals surface area contributed by atoms with Gasteiger partial charge in [-0.1, -0.05) is 30.7 Å². The average Bonchev–Trinajstić information content (AvgIpc) is 2.52. The van der Waals surface area contributed by atoms with Crippen LogP contribution in [-0.4, -0.2) is 29.3 Å². The summed E-state index contributed by atoms with van der Waals surface area (Å²) in [6, 6.07) is 7.03. The molecular weight excluding hydrogens is 264 g/mol. The van der Waals surface area contributed by atoms with Gasteiger partial charge in [0, 0.05) is 24.5 Å². The van der Waals surface area contributed by atoms with Gasteiger partial charge in [0.2, 0.25) is 11.8 Å². The van der Waals surface area contributed by atoms with Crippen molar-refractivity contribution in [2.75, 3.05) is 6.54 Å². The molecule has 0 spiro atoms. The SMILES string of the molecule is CCC1NC(=O)CCN(Cc2cccc(Cl)c2)C1=O. The summed E-state index contributed by atoms with van der Waals surface area (Å²) in [5, 5.41) is 3.40. The van der Waals surface area contributed by atoms with E-state index in [2.05, 4.69) is 5.32 Å². The van der Waals surface area contributed by atoms with Gasteiger partial charge in [-0.05, 0) is 24.1 Å². The van der Waals surface area contributed by atoms with Crippen LogP contribution >= 0.6 is 11.6 Å². The minimum Gasteiger partial charge on any atom is -0.344 e. The molecule has 2 rings (SSSR count). The maximum Gasteiger partial charge on any atom is 0.245 e. The second kappa shape index (κ2) is 6.06. The molecule has 1 fully saturated rings. The van der Waals surface area contributed by atoms with Crippen LogP contribution in [0.3, 0.4) is 0 Å². The minimum atomic E-state index is -0.408. The van der Waals surface area contributed by atoms with Crippen molar-refractivity contribution in [2.45, 2.75) is 32.4 Å². The third kappa shape index (κ3) is 3.47. The van der Waals surface area contributed by atoms with Crippen LogP contribution in [0.15, 0.2) is 24.3 Å². The zero-order valence-corrected chi connectivity index (χ0v) is 11.6. The third-order valence-electron chi connectivity index (χ3n) is 3.22. The van der Waals surface area contributed by atoms with E-state index in [0.29, 0.717) is 31.0 Å². The summed E-state index contributed by atoms with van der Waals surface area (Å²) < 4.78 is 0. The van der Waals surface area contributed by atoms with Crippen LogP contribution in [0.4, 0.5) is 0 Å². The molecule has 1 heterocycles. The average molecular weight is 281 g/mol. The molecule has 0 radical (unpaired) electrons. The Kier molecular flexibility index (Phi) is 4.43. The summed E-state index contributed by atoms with van der Waals surface area (Å²) >= 11 is 5.94. The van der Waals surface area contributed by atoms with E-state index < -0.39 is 6.04 Å². The number of rotatable bonds is 3. The maximum absolute atomic E-state index is 12.3. The molecular formula is C14H17ClN2O2. The normalized spacial score (nSPS) is 20.1. The van der Waals surface area contributed by atoms with E-state index in [9.17, 15) is 9.59 Å². The zero-order valence-electron chi connectivity index (χ0n) is 10.9. The highest BCUT2D eigenvalue weighted by atomic mass is 35.5. The lowest BCUT2D eigenvalue weighted by Crippen LogP contribution is -2.43. The highest BCUT2D eigenvalue weighted by Crippen LogP contribution is 2.15. The van der Waals surface area contributed by atoms with Crippen molar-refractivity contribution in [3.8, 4) is 0 Å². The van der Waals surface area contributed by atoms with Gasteiger partial charge in [-0.3, -0.25) is 9.59 Å². The summed E-state index contributed by atoms with van der Waals surface area (Å²) in [4.78, 5) is 25.5. The summed E-state index contributed by atoms with van der Waals surface area (Å²) in [7, 11) is 0. The van der Waals surface area contributed by atoms with Crippen molar-refractivity contribution in [1.82, 2.24) is 10.2 Å². The topological polar surface area (TPSA) is 49.4 Å². The molecule has 19 heavy (non-hydrogen) atoms. The van der Waals surface area contributed by atoms with E-state index in [1.165, 1.54) is 0 Å². The van der Waals surface area contributed by atoms with Crippen LogP contribution in [-0.2, 0) is 16.1 Å². The van der Waals surface area contributed by atoms with Crippen LogP contribution < -0.4 is 5.32 Å². The molecule has 1 aliphatic heterocycles. The fourth-order valence-electron chi connectivity index (χ4n) is 2.18. The first-order valence-corrected chi connectivity index (χ1v) is 6.80. The monoisotopic (exact) mass is 280 g/mol. The highest BCUT2D eigenvalue weighted by Gasteiger charge is 2.28. The van der Waals surface area contributed by atoms with Crippen LogP contribution in [0.1, 0.15) is 25.3 Å². The van der Waals surface area contributed by atoms with Gasteiger partial charge in [0.1, 0.15) is 6.04 Å². The zero-order chi connectivity index (χ0) is 13.8. The lowest BCUT2D eigenvalue weighted by atomic mass is 10.1. The number of halogens is 1. The molecule has 1 atom stereocenters. The van der Waals surface area contributed by atoms with E-state index in [1.54, 1.807) is 11.0 Å². The largest absolute Gasteiger partial charge is 0.344 e. The van der Waals surface area contributed by atoms with E-state index >= 15 is 0 Å². The lowest BCUT2D eigenvalue weighted by Gasteiger charge is -2.23. The Balaban J connectivity index is 2.13. The maximum atomic E-state index is 12.3. The van der Waals surface area contributed by atoms with Gasteiger partial charge in [-0.25, -0.2) is 0 Å². The summed E-state index contributed by atoms with van der Waals surface area (Å²) in [6.45, 7) is 2.84. The van der Waals surface area contributed by atoms with Gasteiger partial charge >= 0.3 is 0 Å². The minimum absolute atomic E-state index is 0.0201. The second-order valence-electron chi connectivity index (χ2n) is 4.67. The third-order valence-corrected chi connectivity index (χ3v) is 3.46. The van der Waals surface area contributed by atoms with Crippen molar-refractivity contribution in [3.05, 3.63) is 34.9 Å². The number of carbonyl (C=O) groups excluding carboxylic acids is 2. The van der Waals surface area contributed by atoms with E-state index in [-0.39, 0.29) is 11.8 Å². The Morgan fingerprint density at radius 3 is 2.89 bits per heavy atom. The van der Waals surface area contributed by atoms with Crippen LogP contribution in [0.25, 0.3) is 0 Å². The van der Waals surface area contributed by atoms with E-state index in [0.717, 1.165) is 5.56 Å². The van der Waals surface area contributed by atoms with Gasteiger partial charge < -0.3 is 10.2 Å². The van der Waals surface area contributed by atoms with Gasteiger partial charge in [0.25, 0.3) is 0 Å². The van der Waals surface area contributed by atoms with Crippen molar-refractivity contribution in [3.63, 3.8) is 0 Å². The summed E-state index contributed by atoms with van der Waals surface area (Å²) in [5.41, 5.74) is 0.977. The fraction of sp³-hybridized carbons (Fsp3) is 0.429. The molecule has 0 aromatic heterocycles. The Labute approximate surface area is 117 Å². The van der Waals surface area contributed by atoms with Crippen molar-refractivity contribution in [2.24, 2.45) is 0 Å². The molecule has 1 saturated heterocycles. The molecule has 4 nitrogen and oxygen atoms in total. The van der Waals surface area contributed by atoms with Gasteiger partial charge in [0.05, 0.1) is 0 Å². The number of nitrogens with zero attached hydrogens (tertiary/aromatic N) is 1. The summed E-state index contributed by atoms with van der Waals surface area (Å²) in [6.07, 6.45) is 0.958. The Bertz CT molecular complexity index is 490. The van der Waals surface area contributed by atoms with Crippen molar-refractivity contribution >= 4 is 23.4 Å². The number of hydrogen-bond acceptors (Lipinski definition) is 2. The van der Waals surface area contributed by atoms with Crippen LogP contribution in [0.2, 0.25) is 5.02 Å². The molecule has 1 aliphatic rings. The number of amides is 2. The first-order chi connectivity index (χ1) is 9.10. The molecule has 102 valence electrons. The Morgan fingerprint density at radius 1 is 1.42 bits per heavy atom. The van der Waals surface area contributed by atoms with E-state index in [1.807, 2.05) is 25.1 Å². The Morgan fingerprint density at radius 2 is 2.21 bits per heavy atom. The first kappa shape index (κ1) is 13.9. The van der Waals surface area contributed by atoms with Gasteiger partial charge in [-0.15, -0.1) is 0 Å². The standard InChI is InChI=1S/C14H17ClN2O2/c1-2-12-14(19)17(7-6-13(18)16-12)9-10-4-3-5-11(15)8-10/h3-5,8,12H,2,6-7,9H2,1H3,(H,16,18). The number of nitrogens with one attached hydrogen (secondary N) is 1. The second-order valence-corrected chi connectivity index (χ2v) is 5.10. The molecule has 2 amide bonds. The molecule has 1 aromatic rings. The molecule has 1 N–H and O–H groups in total. The van der Waals surface area contributed by atoms with Crippen LogP contribution in [0.5, 0.6) is 0 Å².